The highest BCUT2D eigenvalue weighted by atomic mass is 35.5. The lowest BCUT2D eigenvalue weighted by Crippen LogP contribution is -2.39. The van der Waals surface area contributed by atoms with Crippen molar-refractivity contribution in [2.45, 2.75) is 6.42 Å². The van der Waals surface area contributed by atoms with Crippen LogP contribution in [0.2, 0.25) is 5.02 Å². The summed E-state index contributed by atoms with van der Waals surface area (Å²) in [5.74, 6) is -1.50. The van der Waals surface area contributed by atoms with Crippen molar-refractivity contribution in [3.8, 4) is 0 Å². The molecule has 0 bridgehead atoms. The van der Waals surface area contributed by atoms with E-state index >= 15 is 0 Å². The minimum absolute atomic E-state index is 0.0585. The Hall–Kier alpha value is -2.60. The van der Waals surface area contributed by atoms with Gasteiger partial charge in [-0.15, -0.1) is 0 Å². The lowest BCUT2D eigenvalue weighted by Gasteiger charge is -2.15. The number of para-hydroxylation sites is 1. The van der Waals surface area contributed by atoms with Crippen molar-refractivity contribution in [1.29, 1.82) is 0 Å². The van der Waals surface area contributed by atoms with Gasteiger partial charge in [-0.3, -0.25) is 4.79 Å². The number of primary amides is 1. The van der Waals surface area contributed by atoms with Crippen LogP contribution in [0.15, 0.2) is 48.5 Å². The smallest absolute Gasteiger partial charge is 0.319 e. The van der Waals surface area contributed by atoms with E-state index in [1.165, 1.54) is 12.1 Å². The highest BCUT2D eigenvalue weighted by molar-refractivity contribution is 6.33. The minimum atomic E-state index is -0.604. The molecular formula is C17H17ClFN3O2. The van der Waals surface area contributed by atoms with Crippen molar-refractivity contribution in [2.24, 2.45) is 11.7 Å². The summed E-state index contributed by atoms with van der Waals surface area (Å²) in [5.41, 5.74) is 6.59. The first kappa shape index (κ1) is 17.7. The van der Waals surface area contributed by atoms with E-state index in [0.29, 0.717) is 17.1 Å². The van der Waals surface area contributed by atoms with Crippen molar-refractivity contribution in [3.63, 3.8) is 0 Å². The van der Waals surface area contributed by atoms with Gasteiger partial charge in [-0.1, -0.05) is 35.9 Å². The van der Waals surface area contributed by atoms with Gasteiger partial charge in [0.2, 0.25) is 5.91 Å². The quantitative estimate of drug-likeness (QED) is 0.749. The molecule has 0 unspecified atom stereocenters. The van der Waals surface area contributed by atoms with Gasteiger partial charge in [-0.05, 0) is 36.2 Å². The molecule has 0 fully saturated rings. The van der Waals surface area contributed by atoms with Crippen molar-refractivity contribution in [2.75, 3.05) is 11.9 Å². The van der Waals surface area contributed by atoms with Crippen molar-refractivity contribution in [3.05, 3.63) is 64.9 Å². The average Bonchev–Trinajstić information content (AvgIpc) is 2.55. The molecule has 0 aromatic heterocycles. The molecular weight excluding hydrogens is 333 g/mol. The van der Waals surface area contributed by atoms with Gasteiger partial charge in [0, 0.05) is 6.54 Å². The maximum Gasteiger partial charge on any atom is 0.319 e. The highest BCUT2D eigenvalue weighted by Crippen LogP contribution is 2.20. The van der Waals surface area contributed by atoms with Gasteiger partial charge in [0.15, 0.2) is 0 Å². The third-order valence-corrected chi connectivity index (χ3v) is 3.76. The molecule has 7 heteroatoms. The van der Waals surface area contributed by atoms with E-state index in [1.807, 2.05) is 0 Å². The number of nitrogens with two attached hydrogens (primary N) is 1. The summed E-state index contributed by atoms with van der Waals surface area (Å²) in [6.45, 7) is 0.0585. The Kier molecular flexibility index (Phi) is 6.14. The molecule has 0 aliphatic heterocycles. The summed E-state index contributed by atoms with van der Waals surface area (Å²) >= 11 is 5.95. The molecule has 2 aromatic rings. The van der Waals surface area contributed by atoms with Gasteiger partial charge in [0.25, 0.3) is 0 Å². The molecule has 0 aliphatic rings. The van der Waals surface area contributed by atoms with E-state index in [4.69, 9.17) is 17.3 Å². The Morgan fingerprint density at radius 2 is 1.79 bits per heavy atom. The Bertz CT molecular complexity index is 722. The number of amides is 3. The summed E-state index contributed by atoms with van der Waals surface area (Å²) in [4.78, 5) is 23.5. The topological polar surface area (TPSA) is 84.2 Å². The molecule has 1 atom stereocenters. The summed E-state index contributed by atoms with van der Waals surface area (Å²) in [7, 11) is 0. The van der Waals surface area contributed by atoms with E-state index in [0.717, 1.165) is 5.56 Å². The van der Waals surface area contributed by atoms with Crippen LogP contribution in [0, 0.1) is 11.7 Å². The largest absolute Gasteiger partial charge is 0.369 e. The van der Waals surface area contributed by atoms with E-state index < -0.39 is 17.9 Å². The van der Waals surface area contributed by atoms with Crippen LogP contribution in [0.5, 0.6) is 0 Å². The zero-order valence-electron chi connectivity index (χ0n) is 12.8. The number of carbonyl (C=O) groups excluding carboxylic acids is 2. The van der Waals surface area contributed by atoms with Crippen LogP contribution in [0.3, 0.4) is 0 Å². The average molecular weight is 350 g/mol. The zero-order chi connectivity index (χ0) is 17.5. The summed E-state index contributed by atoms with van der Waals surface area (Å²) in [6.07, 6.45) is 0.308. The maximum absolute atomic E-state index is 12.9. The molecule has 0 aliphatic carbocycles. The summed E-state index contributed by atoms with van der Waals surface area (Å²) < 4.78 is 12.9. The van der Waals surface area contributed by atoms with Crippen LogP contribution in [-0.4, -0.2) is 18.5 Å². The number of halogens is 2. The third kappa shape index (κ3) is 5.24. The first-order valence-corrected chi connectivity index (χ1v) is 7.66. The molecule has 4 N–H and O–H groups in total. The standard InChI is InChI=1S/C17H17ClFN3O2/c18-14-3-1-2-4-15(14)22-17(24)21-10-12(16(20)23)9-11-5-7-13(19)8-6-11/h1-8,12H,9-10H2,(H2,20,23)(H2,21,22,24)/t12-/m0/s1. The SMILES string of the molecule is NC(=O)[C@H](CNC(=O)Nc1ccccc1Cl)Cc1ccc(F)cc1. The van der Waals surface area contributed by atoms with Crippen molar-refractivity contribution < 1.29 is 14.0 Å². The number of carbonyl (C=O) groups is 2. The molecule has 0 saturated carbocycles. The fourth-order valence-electron chi connectivity index (χ4n) is 2.12. The highest BCUT2D eigenvalue weighted by Gasteiger charge is 2.17. The Balaban J connectivity index is 1.91. The van der Waals surface area contributed by atoms with Gasteiger partial charge >= 0.3 is 6.03 Å². The van der Waals surface area contributed by atoms with Crippen molar-refractivity contribution >= 4 is 29.2 Å². The second-order valence-corrected chi connectivity index (χ2v) is 5.65. The lowest BCUT2D eigenvalue weighted by molar-refractivity contribution is -0.121. The van der Waals surface area contributed by atoms with E-state index in [2.05, 4.69) is 10.6 Å². The fraction of sp³-hybridized carbons (Fsp3) is 0.176. The number of benzene rings is 2. The molecule has 0 spiro atoms. The van der Waals surface area contributed by atoms with Gasteiger partial charge in [0.1, 0.15) is 5.82 Å². The fourth-order valence-corrected chi connectivity index (χ4v) is 2.31. The Morgan fingerprint density at radius 3 is 2.42 bits per heavy atom. The van der Waals surface area contributed by atoms with Crippen molar-refractivity contribution in [1.82, 2.24) is 5.32 Å². The molecule has 5 nitrogen and oxygen atoms in total. The van der Waals surface area contributed by atoms with E-state index in [-0.39, 0.29) is 12.4 Å². The molecule has 126 valence electrons. The molecule has 0 radical (unpaired) electrons. The second kappa shape index (κ2) is 8.31. The molecule has 24 heavy (non-hydrogen) atoms. The monoisotopic (exact) mass is 349 g/mol. The number of anilines is 1. The van der Waals surface area contributed by atoms with Crippen LogP contribution in [-0.2, 0) is 11.2 Å². The lowest BCUT2D eigenvalue weighted by atomic mass is 9.98. The normalized spacial score (nSPS) is 11.6. The summed E-state index contributed by atoms with van der Waals surface area (Å²) in [5, 5.41) is 5.59. The molecule has 3 amide bonds. The van der Waals surface area contributed by atoms with Gasteiger partial charge < -0.3 is 16.4 Å². The number of rotatable bonds is 6. The number of nitrogens with one attached hydrogen (secondary N) is 2. The van der Waals surface area contributed by atoms with Gasteiger partial charge in [0.05, 0.1) is 16.6 Å². The molecule has 0 heterocycles. The zero-order valence-corrected chi connectivity index (χ0v) is 13.5. The van der Waals surface area contributed by atoms with Crippen LogP contribution < -0.4 is 16.4 Å². The van der Waals surface area contributed by atoms with Crippen LogP contribution in [0.4, 0.5) is 14.9 Å². The minimum Gasteiger partial charge on any atom is -0.369 e. The predicted octanol–water partition coefficient (Wildman–Crippen LogP) is 2.94. The van der Waals surface area contributed by atoms with Gasteiger partial charge in [-0.2, -0.15) is 0 Å². The van der Waals surface area contributed by atoms with Crippen LogP contribution >= 0.6 is 11.6 Å². The van der Waals surface area contributed by atoms with E-state index in [1.54, 1.807) is 36.4 Å². The Labute approximate surface area is 144 Å². The summed E-state index contributed by atoms with van der Waals surface area (Å²) in [6, 6.07) is 12.1. The molecule has 0 saturated heterocycles. The third-order valence-electron chi connectivity index (χ3n) is 3.43. The molecule has 2 aromatic carbocycles. The number of hydrogen-bond acceptors (Lipinski definition) is 2. The van der Waals surface area contributed by atoms with Gasteiger partial charge in [-0.25, -0.2) is 9.18 Å². The number of hydrogen-bond donors (Lipinski definition) is 3. The maximum atomic E-state index is 12.9. The van der Waals surface area contributed by atoms with Crippen LogP contribution in [0.25, 0.3) is 0 Å². The second-order valence-electron chi connectivity index (χ2n) is 5.24. The Morgan fingerprint density at radius 1 is 1.12 bits per heavy atom. The molecule has 2 rings (SSSR count). The first-order chi connectivity index (χ1) is 11.5. The van der Waals surface area contributed by atoms with Crippen LogP contribution in [0.1, 0.15) is 5.56 Å². The number of urea groups is 1. The first-order valence-electron chi connectivity index (χ1n) is 7.29. The van der Waals surface area contributed by atoms with E-state index in [9.17, 15) is 14.0 Å². The predicted molar refractivity (Wildman–Crippen MR) is 91.3 cm³/mol.